The lowest BCUT2D eigenvalue weighted by Crippen LogP contribution is -2.52. The van der Waals surface area contributed by atoms with E-state index in [0.29, 0.717) is 26.2 Å². The van der Waals surface area contributed by atoms with Crippen LogP contribution in [0.3, 0.4) is 0 Å². The molecular formula is C30H35Cl2F3N8O3. The van der Waals surface area contributed by atoms with Gasteiger partial charge in [-0.25, -0.2) is 4.98 Å². The largest absolute Gasteiger partial charge is 0.435 e. The molecule has 2 aliphatic rings. The Morgan fingerprint density at radius 1 is 1.11 bits per heavy atom. The van der Waals surface area contributed by atoms with Crippen molar-refractivity contribution in [2.75, 3.05) is 44.6 Å². The number of alkyl halides is 3. The first-order valence-electron chi connectivity index (χ1n) is 14.7. The first-order chi connectivity index (χ1) is 21.5. The van der Waals surface area contributed by atoms with Crippen molar-refractivity contribution in [3.8, 4) is 11.3 Å². The predicted octanol–water partition coefficient (Wildman–Crippen LogP) is 4.49. The van der Waals surface area contributed by atoms with E-state index in [4.69, 9.17) is 11.6 Å². The summed E-state index contributed by atoms with van der Waals surface area (Å²) < 4.78 is 43.7. The number of rotatable bonds is 7. The molecule has 2 N–H and O–H groups in total. The normalized spacial score (nSPS) is 16.0. The van der Waals surface area contributed by atoms with Crippen molar-refractivity contribution in [2.24, 2.45) is 13.0 Å². The molecule has 0 aliphatic carbocycles. The molecule has 46 heavy (non-hydrogen) atoms. The van der Waals surface area contributed by atoms with Gasteiger partial charge in [0.1, 0.15) is 0 Å². The molecule has 16 heteroatoms. The maximum atomic E-state index is 13.8. The van der Waals surface area contributed by atoms with Crippen LogP contribution >= 0.6 is 24.0 Å². The van der Waals surface area contributed by atoms with Crippen molar-refractivity contribution in [1.82, 2.24) is 34.4 Å². The van der Waals surface area contributed by atoms with Crippen LogP contribution in [0.25, 0.3) is 11.3 Å². The van der Waals surface area contributed by atoms with E-state index in [-0.39, 0.29) is 70.0 Å². The number of hydrogen-bond donors (Lipinski definition) is 2. The smallest absolute Gasteiger partial charge is 0.339 e. The molecule has 3 aromatic rings. The van der Waals surface area contributed by atoms with Gasteiger partial charge in [0.15, 0.2) is 11.5 Å². The zero-order valence-corrected chi connectivity index (χ0v) is 26.9. The second-order valence-electron chi connectivity index (χ2n) is 11.0. The predicted molar refractivity (Wildman–Crippen MR) is 169 cm³/mol. The molecule has 0 bridgehead atoms. The summed E-state index contributed by atoms with van der Waals surface area (Å²) >= 11 is 6.46. The average Bonchev–Trinajstić information content (AvgIpc) is 3.63. The van der Waals surface area contributed by atoms with Crippen LogP contribution in [-0.4, -0.2) is 86.1 Å². The summed E-state index contributed by atoms with van der Waals surface area (Å²) in [6, 6.07) is 4.46. The molecule has 11 nitrogen and oxygen atoms in total. The topological polar surface area (TPSA) is 117 Å². The highest BCUT2D eigenvalue weighted by molar-refractivity contribution is 6.34. The number of aromatic nitrogens is 4. The van der Waals surface area contributed by atoms with E-state index in [0.717, 1.165) is 25.9 Å². The molecule has 2 saturated heterocycles. The number of amides is 3. The minimum absolute atomic E-state index is 0. The fourth-order valence-electron chi connectivity index (χ4n) is 5.58. The van der Waals surface area contributed by atoms with Crippen LogP contribution in [0, 0.1) is 5.92 Å². The summed E-state index contributed by atoms with van der Waals surface area (Å²) in [5.41, 5.74) is -0.691. The Morgan fingerprint density at radius 3 is 2.41 bits per heavy atom. The molecule has 0 saturated carbocycles. The zero-order chi connectivity index (χ0) is 32.3. The van der Waals surface area contributed by atoms with Crippen LogP contribution in [0.4, 0.5) is 18.9 Å². The molecule has 2 fully saturated rings. The maximum Gasteiger partial charge on any atom is 0.435 e. The Kier molecular flexibility index (Phi) is 11.2. The van der Waals surface area contributed by atoms with Gasteiger partial charge in [0.2, 0.25) is 5.91 Å². The van der Waals surface area contributed by atoms with Gasteiger partial charge < -0.3 is 25.0 Å². The van der Waals surface area contributed by atoms with Gasteiger partial charge in [-0.2, -0.15) is 18.3 Å². The number of carbonyl (C=O) groups excluding carboxylic acids is 3. The summed E-state index contributed by atoms with van der Waals surface area (Å²) in [5, 5.41) is 9.71. The van der Waals surface area contributed by atoms with Crippen molar-refractivity contribution < 1.29 is 27.6 Å². The number of nitrogens with one attached hydrogen (secondary N) is 2. The summed E-state index contributed by atoms with van der Waals surface area (Å²) in [6.45, 7) is 5.24. The van der Waals surface area contributed by atoms with Crippen LogP contribution in [0.2, 0.25) is 5.02 Å². The highest BCUT2D eigenvalue weighted by Crippen LogP contribution is 2.36. The Balaban J connectivity index is 0.00000480. The lowest BCUT2D eigenvalue weighted by atomic mass is 9.96. The van der Waals surface area contributed by atoms with E-state index in [9.17, 15) is 27.6 Å². The Labute approximate surface area is 275 Å². The van der Waals surface area contributed by atoms with E-state index in [1.807, 2.05) is 4.90 Å². The van der Waals surface area contributed by atoms with E-state index in [1.54, 1.807) is 24.0 Å². The molecule has 2 aliphatic heterocycles. The monoisotopic (exact) mass is 682 g/mol. The van der Waals surface area contributed by atoms with E-state index < -0.39 is 17.8 Å². The van der Waals surface area contributed by atoms with Crippen molar-refractivity contribution in [3.63, 3.8) is 0 Å². The van der Waals surface area contributed by atoms with Crippen molar-refractivity contribution in [3.05, 3.63) is 64.8 Å². The fourth-order valence-corrected chi connectivity index (χ4v) is 5.84. The molecule has 1 aromatic carbocycles. The number of hydrogen-bond acceptors (Lipinski definition) is 6. The Bertz CT molecular complexity index is 1610. The second kappa shape index (κ2) is 14.7. The van der Waals surface area contributed by atoms with Gasteiger partial charge >= 0.3 is 6.18 Å². The molecule has 0 radical (unpaired) electrons. The number of imidazole rings is 1. The van der Waals surface area contributed by atoms with Crippen molar-refractivity contribution in [1.29, 1.82) is 0 Å². The highest BCUT2D eigenvalue weighted by Gasteiger charge is 2.38. The van der Waals surface area contributed by atoms with Gasteiger partial charge in [0, 0.05) is 51.0 Å². The van der Waals surface area contributed by atoms with Crippen LogP contribution in [-0.2, 0) is 24.6 Å². The van der Waals surface area contributed by atoms with Crippen LogP contribution in [0.1, 0.15) is 46.4 Å². The van der Waals surface area contributed by atoms with Crippen molar-refractivity contribution in [2.45, 2.75) is 32.5 Å². The Morgan fingerprint density at radius 2 is 1.78 bits per heavy atom. The molecular weight excluding hydrogens is 648 g/mol. The van der Waals surface area contributed by atoms with Crippen molar-refractivity contribution >= 4 is 47.4 Å². The number of benzene rings is 1. The number of nitrogens with zero attached hydrogens (tertiary/aromatic N) is 6. The van der Waals surface area contributed by atoms with E-state index in [2.05, 4.69) is 20.7 Å². The van der Waals surface area contributed by atoms with Gasteiger partial charge in [0.25, 0.3) is 11.8 Å². The lowest BCUT2D eigenvalue weighted by molar-refractivity contribution is -0.141. The summed E-state index contributed by atoms with van der Waals surface area (Å²) in [6.07, 6.45) is 2.76. The molecule has 2 aromatic heterocycles. The highest BCUT2D eigenvalue weighted by atomic mass is 35.5. The van der Waals surface area contributed by atoms with Gasteiger partial charge in [-0.15, -0.1) is 12.4 Å². The third-order valence-electron chi connectivity index (χ3n) is 8.05. The molecule has 0 unspecified atom stereocenters. The van der Waals surface area contributed by atoms with E-state index >= 15 is 0 Å². The van der Waals surface area contributed by atoms with E-state index in [1.165, 1.54) is 46.9 Å². The molecule has 248 valence electrons. The van der Waals surface area contributed by atoms with Crippen LogP contribution in [0.15, 0.2) is 42.7 Å². The van der Waals surface area contributed by atoms with Gasteiger partial charge in [0.05, 0.1) is 34.6 Å². The fraction of sp³-hybridized carbons (Fsp3) is 0.433. The molecule has 3 amide bonds. The summed E-state index contributed by atoms with van der Waals surface area (Å²) in [4.78, 5) is 46.7. The lowest BCUT2D eigenvalue weighted by Gasteiger charge is -2.37. The second-order valence-corrected chi connectivity index (χ2v) is 11.4. The SMILES string of the molecule is C/C=C/Cn1cc(-c2cnc(C(=O)Nc3ccc(C(=O)N4CCN(C(=O)C5CCNCC5)CC4)c(Cl)c3)n2C)c(C(F)(F)F)n1.Cl. The minimum atomic E-state index is -4.71. The number of halogens is 5. The molecule has 5 rings (SSSR count). The van der Waals surface area contributed by atoms with Gasteiger partial charge in [-0.3, -0.25) is 19.1 Å². The number of anilines is 1. The first-order valence-corrected chi connectivity index (χ1v) is 15.0. The average molecular weight is 684 g/mol. The minimum Gasteiger partial charge on any atom is -0.339 e. The third kappa shape index (κ3) is 7.56. The summed E-state index contributed by atoms with van der Waals surface area (Å²) in [5.74, 6) is -0.929. The quantitative estimate of drug-likeness (QED) is 0.355. The number of allylic oxidation sites excluding steroid dienone is 2. The first kappa shape index (κ1) is 35.0. The molecule has 0 atom stereocenters. The van der Waals surface area contributed by atoms with Crippen LogP contribution in [0.5, 0.6) is 0 Å². The number of carbonyl (C=O) groups is 3. The number of piperazine rings is 1. The Hall–Kier alpha value is -3.88. The zero-order valence-electron chi connectivity index (χ0n) is 25.3. The standard InChI is InChI=1S/C30H34ClF3N8O3.ClH/c1-3-4-11-42-18-22(25(38-42)30(32,33)34)24-17-36-26(39(24)2)27(43)37-20-5-6-21(23(31)16-20)29(45)41-14-12-40(13-15-41)28(44)19-7-9-35-10-8-19;/h3-6,16-19,35H,7-15H2,1-2H3,(H,37,43);1H/b4-3+;. The van der Waals surface area contributed by atoms with Gasteiger partial charge in [-0.05, 0) is 51.1 Å². The summed E-state index contributed by atoms with van der Waals surface area (Å²) in [7, 11) is 1.44. The van der Waals surface area contributed by atoms with Gasteiger partial charge in [-0.1, -0.05) is 23.8 Å². The van der Waals surface area contributed by atoms with Crippen LogP contribution < -0.4 is 10.6 Å². The number of piperidine rings is 1. The maximum absolute atomic E-state index is 13.8. The molecule has 4 heterocycles. The third-order valence-corrected chi connectivity index (χ3v) is 8.36. The molecule has 0 spiro atoms.